The van der Waals surface area contributed by atoms with E-state index in [1.54, 1.807) is 24.0 Å². The molecule has 2 heterocycles. The second-order valence-corrected chi connectivity index (χ2v) is 8.85. The van der Waals surface area contributed by atoms with Gasteiger partial charge in [0.25, 0.3) is 5.91 Å². The number of nitrogens with one attached hydrogen (secondary N) is 2. The van der Waals surface area contributed by atoms with Gasteiger partial charge in [0.2, 0.25) is 0 Å². The summed E-state index contributed by atoms with van der Waals surface area (Å²) in [5.74, 6) is -0.175. The lowest BCUT2D eigenvalue weighted by Crippen LogP contribution is -2.42. The average molecular weight is 480 g/mol. The third-order valence-corrected chi connectivity index (χ3v) is 6.15. The van der Waals surface area contributed by atoms with E-state index in [1.165, 1.54) is 12.1 Å². The van der Waals surface area contributed by atoms with Crippen molar-refractivity contribution >= 4 is 34.1 Å². The van der Waals surface area contributed by atoms with Crippen LogP contribution in [0.3, 0.4) is 0 Å². The Morgan fingerprint density at radius 2 is 2.00 bits per heavy atom. The van der Waals surface area contributed by atoms with Gasteiger partial charge < -0.3 is 10.6 Å². The molecule has 10 heteroatoms. The third-order valence-electron chi connectivity index (χ3n) is 5.92. The molecule has 33 heavy (non-hydrogen) atoms. The van der Waals surface area contributed by atoms with Crippen LogP contribution in [0.2, 0.25) is 5.02 Å². The molecule has 2 atom stereocenters. The summed E-state index contributed by atoms with van der Waals surface area (Å²) < 4.78 is 41.9. The summed E-state index contributed by atoms with van der Waals surface area (Å²) in [5, 5.41) is 11.6. The van der Waals surface area contributed by atoms with E-state index in [2.05, 4.69) is 20.7 Å². The van der Waals surface area contributed by atoms with Gasteiger partial charge in [-0.25, -0.2) is 4.98 Å². The van der Waals surface area contributed by atoms with E-state index in [9.17, 15) is 18.0 Å². The average Bonchev–Trinajstić information content (AvgIpc) is 3.14. The maximum atomic E-state index is 13.4. The number of alkyl halides is 3. The van der Waals surface area contributed by atoms with E-state index in [-0.39, 0.29) is 23.5 Å². The summed E-state index contributed by atoms with van der Waals surface area (Å²) in [6, 6.07) is 5.46. The van der Waals surface area contributed by atoms with E-state index < -0.39 is 11.9 Å². The number of nitrogens with zero attached hydrogens (tertiary/aromatic N) is 3. The molecule has 2 aromatic heterocycles. The largest absolute Gasteiger partial charge is 0.433 e. The minimum Gasteiger partial charge on any atom is -0.382 e. The number of fused-ring (bicyclic) bond motifs is 1. The normalized spacial score (nSPS) is 19.0. The van der Waals surface area contributed by atoms with Crippen LogP contribution in [0.25, 0.3) is 10.9 Å². The number of carbonyl (C=O) groups excluding carboxylic acids is 1. The van der Waals surface area contributed by atoms with Crippen molar-refractivity contribution in [3.8, 4) is 0 Å². The Morgan fingerprint density at radius 1 is 1.24 bits per heavy atom. The summed E-state index contributed by atoms with van der Waals surface area (Å²) in [7, 11) is 1.77. The van der Waals surface area contributed by atoms with Gasteiger partial charge in [0, 0.05) is 41.4 Å². The zero-order valence-corrected chi connectivity index (χ0v) is 19.1. The molecule has 0 radical (unpaired) electrons. The molecule has 1 saturated carbocycles. The van der Waals surface area contributed by atoms with Gasteiger partial charge in [0.1, 0.15) is 5.69 Å². The Kier molecular flexibility index (Phi) is 6.52. The molecular weight excluding hydrogens is 455 g/mol. The summed E-state index contributed by atoms with van der Waals surface area (Å²) in [4.78, 5) is 16.6. The first kappa shape index (κ1) is 23.4. The fourth-order valence-electron chi connectivity index (χ4n) is 4.38. The van der Waals surface area contributed by atoms with Gasteiger partial charge in [-0.05, 0) is 56.4 Å². The number of benzene rings is 1. The topological polar surface area (TPSA) is 71.8 Å². The van der Waals surface area contributed by atoms with E-state index in [0.717, 1.165) is 31.0 Å². The molecule has 2 N–H and O–H groups in total. The number of anilines is 1. The molecule has 3 aromatic rings. The molecule has 1 aliphatic carbocycles. The quantitative estimate of drug-likeness (QED) is 0.517. The number of hydrogen-bond donors (Lipinski definition) is 2. The lowest BCUT2D eigenvalue weighted by molar-refractivity contribution is -0.140. The Bertz CT molecular complexity index is 1180. The van der Waals surface area contributed by atoms with Crippen LogP contribution in [0.4, 0.5) is 18.9 Å². The van der Waals surface area contributed by atoms with Crippen LogP contribution in [0.1, 0.15) is 54.4 Å². The fourth-order valence-corrected chi connectivity index (χ4v) is 4.56. The molecule has 1 amide bonds. The molecule has 1 aliphatic rings. The van der Waals surface area contributed by atoms with Gasteiger partial charge in [-0.2, -0.15) is 18.3 Å². The van der Waals surface area contributed by atoms with Gasteiger partial charge >= 0.3 is 6.18 Å². The van der Waals surface area contributed by atoms with E-state index in [0.29, 0.717) is 34.5 Å². The number of halogens is 4. The zero-order chi connectivity index (χ0) is 23.8. The van der Waals surface area contributed by atoms with Gasteiger partial charge in [-0.1, -0.05) is 18.5 Å². The van der Waals surface area contributed by atoms with Gasteiger partial charge in [0.15, 0.2) is 0 Å². The molecule has 1 aromatic carbocycles. The number of hydrogen-bond acceptors (Lipinski definition) is 4. The maximum Gasteiger partial charge on any atom is 0.433 e. The first-order valence-corrected chi connectivity index (χ1v) is 11.3. The first-order valence-electron chi connectivity index (χ1n) is 10.9. The number of carbonyl (C=O) groups is 1. The molecule has 0 unspecified atom stereocenters. The number of amides is 1. The maximum absolute atomic E-state index is 13.4. The van der Waals surface area contributed by atoms with Gasteiger partial charge in [-0.3, -0.25) is 9.48 Å². The van der Waals surface area contributed by atoms with Crippen LogP contribution in [0.15, 0.2) is 30.5 Å². The Hall–Kier alpha value is -2.81. The molecule has 0 bridgehead atoms. The molecule has 4 rings (SSSR count). The van der Waals surface area contributed by atoms with Gasteiger partial charge in [0.05, 0.1) is 16.8 Å². The molecule has 176 valence electrons. The monoisotopic (exact) mass is 479 g/mol. The van der Waals surface area contributed by atoms with Crippen molar-refractivity contribution in [2.75, 3.05) is 5.32 Å². The first-order chi connectivity index (χ1) is 15.6. The highest BCUT2D eigenvalue weighted by Crippen LogP contribution is 2.35. The second kappa shape index (κ2) is 9.21. The van der Waals surface area contributed by atoms with Crippen molar-refractivity contribution in [2.45, 2.75) is 57.3 Å². The van der Waals surface area contributed by atoms with Crippen LogP contribution >= 0.6 is 11.6 Å². The SMILES string of the molecule is CCc1nn(C)cc1C(=O)N[C@@H]1CCC[C@H](Nc2cc(C(F)(F)F)nc3ccc(Cl)cc23)C1. The molecular formula is C23H25ClF3N5O. The van der Waals surface area contributed by atoms with Crippen LogP contribution in [0.5, 0.6) is 0 Å². The van der Waals surface area contributed by atoms with Crippen LogP contribution in [-0.2, 0) is 19.6 Å². The van der Waals surface area contributed by atoms with Crippen molar-refractivity contribution in [1.82, 2.24) is 20.1 Å². The van der Waals surface area contributed by atoms with E-state index >= 15 is 0 Å². The summed E-state index contributed by atoms with van der Waals surface area (Å²) >= 11 is 6.10. The van der Waals surface area contributed by atoms with Crippen LogP contribution in [-0.4, -0.2) is 32.8 Å². The van der Waals surface area contributed by atoms with Crippen molar-refractivity contribution in [1.29, 1.82) is 0 Å². The summed E-state index contributed by atoms with van der Waals surface area (Å²) in [6.45, 7) is 1.94. The molecule has 1 fully saturated rings. The molecule has 0 spiro atoms. The zero-order valence-electron chi connectivity index (χ0n) is 18.3. The van der Waals surface area contributed by atoms with E-state index in [4.69, 9.17) is 11.6 Å². The highest BCUT2D eigenvalue weighted by atomic mass is 35.5. The van der Waals surface area contributed by atoms with Crippen LogP contribution in [0, 0.1) is 0 Å². The Labute approximate surface area is 194 Å². The highest BCUT2D eigenvalue weighted by Gasteiger charge is 2.34. The predicted octanol–water partition coefficient (Wildman–Crippen LogP) is 5.36. The fraction of sp³-hybridized carbons (Fsp3) is 0.435. The molecule has 6 nitrogen and oxygen atoms in total. The van der Waals surface area contributed by atoms with Crippen molar-refractivity contribution in [3.05, 3.63) is 52.4 Å². The van der Waals surface area contributed by atoms with Crippen molar-refractivity contribution in [3.63, 3.8) is 0 Å². The summed E-state index contributed by atoms with van der Waals surface area (Å²) in [6.07, 6.45) is 0.822. The molecule has 0 aliphatic heterocycles. The second-order valence-electron chi connectivity index (χ2n) is 8.41. The summed E-state index contributed by atoms with van der Waals surface area (Å²) in [5.41, 5.74) is 0.900. The lowest BCUT2D eigenvalue weighted by atomic mass is 9.90. The van der Waals surface area contributed by atoms with Gasteiger partial charge in [-0.15, -0.1) is 0 Å². The number of rotatable bonds is 5. The van der Waals surface area contributed by atoms with Crippen molar-refractivity contribution < 1.29 is 18.0 Å². The molecule has 0 saturated heterocycles. The lowest BCUT2D eigenvalue weighted by Gasteiger charge is -2.31. The van der Waals surface area contributed by atoms with E-state index in [1.807, 2.05) is 6.92 Å². The third kappa shape index (κ3) is 5.24. The number of pyridine rings is 1. The van der Waals surface area contributed by atoms with Crippen molar-refractivity contribution in [2.24, 2.45) is 7.05 Å². The minimum absolute atomic E-state index is 0.0903. The standard InChI is InChI=1S/C23H25ClF3N5O/c1-3-18-17(12-32(2)31-18)22(33)29-15-6-4-5-14(10-15)28-20-11-21(23(25,26)27)30-19-8-7-13(24)9-16(19)20/h7-9,11-12,14-15H,3-6,10H2,1-2H3,(H,28,30)(H,29,33)/t14-,15+/m0/s1. The number of aryl methyl sites for hydroxylation is 2. The Balaban J connectivity index is 1.53. The highest BCUT2D eigenvalue weighted by molar-refractivity contribution is 6.31. The van der Waals surface area contributed by atoms with Crippen LogP contribution < -0.4 is 10.6 Å². The minimum atomic E-state index is -4.56. The predicted molar refractivity (Wildman–Crippen MR) is 121 cm³/mol. The Morgan fingerprint density at radius 3 is 2.73 bits per heavy atom. The smallest absolute Gasteiger partial charge is 0.382 e. The number of aromatic nitrogens is 3.